The molecule has 0 fully saturated rings. The molecule has 0 aromatic carbocycles. The van der Waals surface area contributed by atoms with Crippen LogP contribution in [0.25, 0.3) is 0 Å². The maximum Gasteiger partial charge on any atom is 2.00 e. The predicted molar refractivity (Wildman–Crippen MR) is 41.9 cm³/mol. The van der Waals surface area contributed by atoms with Gasteiger partial charge in [0.2, 0.25) is 0 Å². The average molecular weight is 259 g/mol. The molecule has 0 bridgehead atoms. The first-order chi connectivity index (χ1) is 5.46. The monoisotopic (exact) mass is 259 g/mol. The van der Waals surface area contributed by atoms with Crippen LogP contribution >= 0.6 is 7.82 Å². The average Bonchev–Trinajstić information content (AvgIpc) is 1.50. The zero-order valence-corrected chi connectivity index (χ0v) is 9.70. The van der Waals surface area contributed by atoms with E-state index in [1.165, 1.54) is 0 Å². The van der Waals surface area contributed by atoms with Crippen molar-refractivity contribution in [2.24, 2.45) is 11.5 Å². The van der Waals surface area contributed by atoms with E-state index in [-0.39, 0.29) is 37.7 Å². The van der Waals surface area contributed by atoms with Gasteiger partial charge in [0.25, 0.3) is 7.82 Å². The molecule has 0 aliphatic heterocycles. The molecular formula is CH6CaN3O8P. The Morgan fingerprint density at radius 1 is 1.29 bits per heavy atom. The summed E-state index contributed by atoms with van der Waals surface area (Å²) in [5, 5.41) is 14.8. The quantitative estimate of drug-likeness (QED) is 0.150. The summed E-state index contributed by atoms with van der Waals surface area (Å²) in [5.41, 5.74) is 8.50. The minimum absolute atomic E-state index is 0. The number of amides is 2. The van der Waals surface area contributed by atoms with E-state index < -0.39 is 18.9 Å². The Labute approximate surface area is 107 Å². The molecule has 2 amide bonds. The second-order valence-corrected chi connectivity index (χ2v) is 2.10. The molecule has 0 rings (SSSR count). The molecule has 0 aromatic rings. The first kappa shape index (κ1) is 23.6. The molecule has 0 aliphatic carbocycles. The zero-order chi connectivity index (χ0) is 11.7. The van der Waals surface area contributed by atoms with E-state index in [1.807, 2.05) is 0 Å². The molecular weight excluding hydrogens is 253 g/mol. The van der Waals surface area contributed by atoms with E-state index >= 15 is 0 Å². The van der Waals surface area contributed by atoms with Crippen molar-refractivity contribution in [3.63, 3.8) is 0 Å². The third-order valence-electron chi connectivity index (χ3n) is 0. The van der Waals surface area contributed by atoms with Crippen LogP contribution in [0.3, 0.4) is 0 Å². The minimum Gasteiger partial charge on any atom is -0.756 e. The van der Waals surface area contributed by atoms with Crippen molar-refractivity contribution in [1.82, 2.24) is 0 Å². The van der Waals surface area contributed by atoms with Crippen molar-refractivity contribution in [1.29, 1.82) is 0 Å². The summed E-state index contributed by atoms with van der Waals surface area (Å²) in [4.78, 5) is 40.2. The van der Waals surface area contributed by atoms with Crippen molar-refractivity contribution < 1.29 is 29.1 Å². The molecule has 0 spiro atoms. The largest absolute Gasteiger partial charge is 2.00 e. The Bertz CT molecular complexity index is 172. The van der Waals surface area contributed by atoms with Crippen molar-refractivity contribution in [3.05, 3.63) is 15.3 Å². The van der Waals surface area contributed by atoms with Gasteiger partial charge in [-0.2, -0.15) is 0 Å². The molecule has 0 saturated heterocycles. The number of hydrogen-bond acceptors (Lipinski definition) is 6. The molecule has 80 valence electrons. The van der Waals surface area contributed by atoms with Crippen LogP contribution < -0.4 is 16.4 Å². The van der Waals surface area contributed by atoms with Gasteiger partial charge in [-0.3, -0.25) is 4.57 Å². The van der Waals surface area contributed by atoms with Crippen molar-refractivity contribution in [3.8, 4) is 0 Å². The van der Waals surface area contributed by atoms with E-state index in [1.54, 1.807) is 0 Å². The molecule has 11 nitrogen and oxygen atoms in total. The maximum atomic E-state index is 9.00. The van der Waals surface area contributed by atoms with E-state index in [0.717, 1.165) is 0 Å². The summed E-state index contributed by atoms with van der Waals surface area (Å²) >= 11 is 0. The maximum absolute atomic E-state index is 9.00. The van der Waals surface area contributed by atoms with Crippen LogP contribution in [-0.4, -0.2) is 58.6 Å². The van der Waals surface area contributed by atoms with Crippen LogP contribution in [-0.2, 0) is 4.57 Å². The van der Waals surface area contributed by atoms with Crippen molar-refractivity contribution in [2.75, 3.05) is 0 Å². The molecule has 6 N–H and O–H groups in total. The number of nitrogens with zero attached hydrogens (tertiary/aromatic N) is 1. The molecule has 0 saturated carbocycles. The van der Waals surface area contributed by atoms with Gasteiger partial charge in [-0.05, 0) is 0 Å². The Morgan fingerprint density at radius 3 is 1.29 bits per heavy atom. The minimum atomic E-state index is -4.89. The van der Waals surface area contributed by atoms with Gasteiger partial charge in [-0.1, -0.05) is 0 Å². The molecule has 0 radical (unpaired) electrons. The Balaban J connectivity index is -0.0000000522. The van der Waals surface area contributed by atoms with Crippen LogP contribution in [0.4, 0.5) is 4.79 Å². The molecule has 0 heterocycles. The molecule has 0 unspecified atom stereocenters. The summed E-state index contributed by atoms with van der Waals surface area (Å²) in [5.74, 6) is 0. The number of rotatable bonds is 0. The molecule has 14 heavy (non-hydrogen) atoms. The number of hydrogen-bond donors (Lipinski definition) is 4. The second kappa shape index (κ2) is 12.8. The van der Waals surface area contributed by atoms with Crippen molar-refractivity contribution >= 4 is 51.6 Å². The Hall–Kier alpha value is -0.160. The molecule has 13 heteroatoms. The second-order valence-electron chi connectivity index (χ2n) is 1.12. The van der Waals surface area contributed by atoms with E-state index in [9.17, 15) is 0 Å². The van der Waals surface area contributed by atoms with Gasteiger partial charge in [-0.15, -0.1) is 0 Å². The summed E-state index contributed by atoms with van der Waals surface area (Å²) in [6, 6.07) is -0.833. The Kier molecular flexibility index (Phi) is 21.6. The summed E-state index contributed by atoms with van der Waals surface area (Å²) in [7, 11) is -4.89. The smallest absolute Gasteiger partial charge is 0.756 e. The third-order valence-corrected chi connectivity index (χ3v) is 0. The van der Waals surface area contributed by atoms with Crippen LogP contribution in [0.1, 0.15) is 0 Å². The SMILES string of the molecule is NC(N)=O.O=P([O-])(O)O.O=[N+]([O-])[O-].[Ca+2]. The normalized spacial score (nSPS) is 7.64. The first-order valence-corrected chi connectivity index (χ1v) is 3.62. The number of primary amides is 2. The van der Waals surface area contributed by atoms with E-state index in [4.69, 9.17) is 39.4 Å². The summed E-state index contributed by atoms with van der Waals surface area (Å²) in [6.07, 6.45) is 0. The van der Waals surface area contributed by atoms with Gasteiger partial charge >= 0.3 is 43.8 Å². The van der Waals surface area contributed by atoms with E-state index in [2.05, 4.69) is 11.5 Å². The number of carbonyl (C=O) groups is 1. The van der Waals surface area contributed by atoms with Crippen molar-refractivity contribution in [2.45, 2.75) is 0 Å². The molecule has 0 aromatic heterocycles. The fourth-order valence-electron chi connectivity index (χ4n) is 0. The summed E-state index contributed by atoms with van der Waals surface area (Å²) < 4.78 is 8.77. The number of nitrogens with two attached hydrogens (primary N) is 2. The predicted octanol–water partition coefficient (Wildman–Crippen LogP) is -3.16. The fourth-order valence-corrected chi connectivity index (χ4v) is 0. The van der Waals surface area contributed by atoms with Crippen LogP contribution in [0, 0.1) is 15.3 Å². The van der Waals surface area contributed by atoms with Gasteiger partial charge in [0.05, 0.1) is 5.09 Å². The van der Waals surface area contributed by atoms with E-state index in [0.29, 0.717) is 0 Å². The van der Waals surface area contributed by atoms with Crippen LogP contribution in [0.15, 0.2) is 0 Å². The zero-order valence-electron chi connectivity index (χ0n) is 6.60. The van der Waals surface area contributed by atoms with Gasteiger partial charge in [0.15, 0.2) is 0 Å². The van der Waals surface area contributed by atoms with Crippen LogP contribution in [0.2, 0.25) is 0 Å². The fraction of sp³-hybridized carbons (Fsp3) is 0. The first-order valence-electron chi connectivity index (χ1n) is 2.09. The van der Waals surface area contributed by atoms with Gasteiger partial charge < -0.3 is 41.5 Å². The third kappa shape index (κ3) is 54200. The standard InChI is InChI=1S/CH4N2O.Ca.NO3.H3O4P/c2-1(3)4;;2-1(3)4;1-5(2,3)4/h(H4,2,3,4);;;(H3,1,2,3,4)/q;+2;-1;/p-1. The molecule has 0 atom stereocenters. The van der Waals surface area contributed by atoms with Gasteiger partial charge in [0.1, 0.15) is 0 Å². The van der Waals surface area contributed by atoms with Crippen LogP contribution in [0.5, 0.6) is 0 Å². The topological polar surface area (TPSA) is 216 Å². The number of carbonyl (C=O) groups excluding carboxylic acids is 1. The van der Waals surface area contributed by atoms with Gasteiger partial charge in [0, 0.05) is 0 Å². The number of phosphoric acid groups is 1. The van der Waals surface area contributed by atoms with Gasteiger partial charge in [-0.25, -0.2) is 4.79 Å². The number of urea groups is 1. The Morgan fingerprint density at radius 2 is 1.29 bits per heavy atom. The molecule has 0 aliphatic rings. The summed E-state index contributed by atoms with van der Waals surface area (Å²) in [6.45, 7) is 0.